The summed E-state index contributed by atoms with van der Waals surface area (Å²) in [6.45, 7) is 5.05. The van der Waals surface area contributed by atoms with Crippen LogP contribution in [0.2, 0.25) is 5.02 Å². The van der Waals surface area contributed by atoms with Gasteiger partial charge in [0.05, 0.1) is 5.92 Å². The second kappa shape index (κ2) is 6.94. The third kappa shape index (κ3) is 4.21. The molecule has 2 rings (SSSR count). The van der Waals surface area contributed by atoms with Gasteiger partial charge in [-0.15, -0.1) is 0 Å². The Balaban J connectivity index is 1.78. The van der Waals surface area contributed by atoms with Gasteiger partial charge in [0.15, 0.2) is 0 Å². The van der Waals surface area contributed by atoms with Gasteiger partial charge in [-0.1, -0.05) is 23.7 Å². The molecule has 0 bridgehead atoms. The van der Waals surface area contributed by atoms with E-state index in [-0.39, 0.29) is 23.8 Å². The molecule has 0 unspecified atom stereocenters. The normalized spacial score (nSPS) is 18.4. The molecule has 1 aliphatic heterocycles. The molecule has 114 valence electrons. The zero-order valence-electron chi connectivity index (χ0n) is 12.4. The van der Waals surface area contributed by atoms with Crippen molar-refractivity contribution in [2.45, 2.75) is 32.7 Å². The Morgan fingerprint density at radius 1 is 1.38 bits per heavy atom. The molecule has 1 aromatic carbocycles. The zero-order chi connectivity index (χ0) is 15.4. The van der Waals surface area contributed by atoms with Gasteiger partial charge in [-0.2, -0.15) is 0 Å². The van der Waals surface area contributed by atoms with Crippen molar-refractivity contribution in [1.82, 2.24) is 10.2 Å². The summed E-state index contributed by atoms with van der Waals surface area (Å²) >= 11 is 5.83. The number of carbonyl (C=O) groups excluding carboxylic acids is 2. The molecule has 1 heterocycles. The molecule has 0 radical (unpaired) electrons. The number of rotatable bonds is 5. The average molecular weight is 309 g/mol. The molecule has 1 aromatic rings. The van der Waals surface area contributed by atoms with Crippen LogP contribution in [0.3, 0.4) is 0 Å². The van der Waals surface area contributed by atoms with Crippen LogP contribution >= 0.6 is 11.6 Å². The zero-order valence-corrected chi connectivity index (χ0v) is 13.2. The fourth-order valence-corrected chi connectivity index (χ4v) is 2.66. The topological polar surface area (TPSA) is 49.4 Å². The van der Waals surface area contributed by atoms with Crippen LogP contribution in [0.15, 0.2) is 24.3 Å². The molecule has 4 nitrogen and oxygen atoms in total. The minimum atomic E-state index is -0.217. The maximum Gasteiger partial charge on any atom is 0.225 e. The maximum atomic E-state index is 12.1. The second-order valence-electron chi connectivity index (χ2n) is 5.71. The lowest BCUT2D eigenvalue weighted by molar-refractivity contribution is -0.129. The summed E-state index contributed by atoms with van der Waals surface area (Å²) in [5.74, 6) is -0.173. The summed E-state index contributed by atoms with van der Waals surface area (Å²) in [6, 6.07) is 7.75. The first-order valence-corrected chi connectivity index (χ1v) is 7.67. The number of likely N-dealkylation sites (tertiary alicyclic amines) is 1. The first-order valence-electron chi connectivity index (χ1n) is 7.29. The highest BCUT2D eigenvalue weighted by molar-refractivity contribution is 6.30. The van der Waals surface area contributed by atoms with Gasteiger partial charge in [0, 0.05) is 30.6 Å². The van der Waals surface area contributed by atoms with Crippen LogP contribution in [-0.4, -0.2) is 35.8 Å². The van der Waals surface area contributed by atoms with Crippen molar-refractivity contribution in [1.29, 1.82) is 0 Å². The number of nitrogens with zero attached hydrogens (tertiary/aromatic N) is 1. The highest BCUT2D eigenvalue weighted by atomic mass is 35.5. The number of halogens is 1. The standard InChI is InChI=1S/C16H21ClN2O2/c1-11(2)19-10-13(9-15(19)20)16(21)18-8-7-12-3-5-14(17)6-4-12/h3-6,11,13H,7-10H2,1-2H3,(H,18,21)/t13-/m0/s1. The fraction of sp³-hybridized carbons (Fsp3) is 0.500. The van der Waals surface area contributed by atoms with E-state index in [1.165, 1.54) is 0 Å². The molecule has 0 saturated carbocycles. The summed E-state index contributed by atoms with van der Waals surface area (Å²) in [4.78, 5) is 25.7. The summed E-state index contributed by atoms with van der Waals surface area (Å²) in [7, 11) is 0. The van der Waals surface area contributed by atoms with Gasteiger partial charge in [-0.3, -0.25) is 9.59 Å². The Kier molecular flexibility index (Phi) is 5.23. The Hall–Kier alpha value is -1.55. The highest BCUT2D eigenvalue weighted by Gasteiger charge is 2.35. The van der Waals surface area contributed by atoms with E-state index in [4.69, 9.17) is 11.6 Å². The van der Waals surface area contributed by atoms with E-state index in [1.807, 2.05) is 38.1 Å². The molecule has 0 spiro atoms. The van der Waals surface area contributed by atoms with Gasteiger partial charge in [-0.05, 0) is 38.0 Å². The number of hydrogen-bond acceptors (Lipinski definition) is 2. The molecule has 1 fully saturated rings. The van der Waals surface area contributed by atoms with E-state index in [9.17, 15) is 9.59 Å². The molecule has 1 saturated heterocycles. The van der Waals surface area contributed by atoms with Gasteiger partial charge >= 0.3 is 0 Å². The van der Waals surface area contributed by atoms with Crippen LogP contribution in [0.5, 0.6) is 0 Å². The molecule has 0 aromatic heterocycles. The van der Waals surface area contributed by atoms with Gasteiger partial charge in [0.1, 0.15) is 0 Å². The van der Waals surface area contributed by atoms with E-state index < -0.39 is 0 Å². The van der Waals surface area contributed by atoms with Gasteiger partial charge in [-0.25, -0.2) is 0 Å². The fourth-order valence-electron chi connectivity index (χ4n) is 2.53. The average Bonchev–Trinajstić information content (AvgIpc) is 2.83. The van der Waals surface area contributed by atoms with Crippen molar-refractivity contribution in [2.24, 2.45) is 5.92 Å². The first kappa shape index (κ1) is 15.8. The molecular formula is C16H21ClN2O2. The largest absolute Gasteiger partial charge is 0.355 e. The Morgan fingerprint density at radius 3 is 2.62 bits per heavy atom. The van der Waals surface area contributed by atoms with E-state index in [1.54, 1.807) is 4.90 Å². The molecular weight excluding hydrogens is 288 g/mol. The molecule has 1 N–H and O–H groups in total. The number of nitrogens with one attached hydrogen (secondary N) is 1. The summed E-state index contributed by atoms with van der Waals surface area (Å²) in [6.07, 6.45) is 1.09. The minimum absolute atomic E-state index is 0.0273. The van der Waals surface area contributed by atoms with Crippen molar-refractivity contribution in [3.63, 3.8) is 0 Å². The number of carbonyl (C=O) groups is 2. The van der Waals surface area contributed by atoms with Gasteiger partial charge in [0.2, 0.25) is 11.8 Å². The minimum Gasteiger partial charge on any atom is -0.355 e. The summed E-state index contributed by atoms with van der Waals surface area (Å²) in [5, 5.41) is 3.63. The van der Waals surface area contributed by atoms with E-state index >= 15 is 0 Å². The van der Waals surface area contributed by atoms with Crippen LogP contribution in [0, 0.1) is 5.92 Å². The Bertz CT molecular complexity index is 514. The third-order valence-electron chi connectivity index (χ3n) is 3.78. The van der Waals surface area contributed by atoms with Crippen LogP contribution in [-0.2, 0) is 16.0 Å². The molecule has 21 heavy (non-hydrogen) atoms. The van der Waals surface area contributed by atoms with Crippen LogP contribution < -0.4 is 5.32 Å². The van der Waals surface area contributed by atoms with Crippen LogP contribution in [0.4, 0.5) is 0 Å². The molecule has 1 atom stereocenters. The predicted octanol–water partition coefficient (Wildman–Crippen LogP) is 2.26. The van der Waals surface area contributed by atoms with Gasteiger partial charge in [0.25, 0.3) is 0 Å². The summed E-state index contributed by atoms with van der Waals surface area (Å²) < 4.78 is 0. The van der Waals surface area contributed by atoms with Crippen LogP contribution in [0.25, 0.3) is 0 Å². The quantitative estimate of drug-likeness (QED) is 0.907. The van der Waals surface area contributed by atoms with Gasteiger partial charge < -0.3 is 10.2 Å². The monoisotopic (exact) mass is 308 g/mol. The number of hydrogen-bond donors (Lipinski definition) is 1. The van der Waals surface area contributed by atoms with E-state index in [0.29, 0.717) is 24.5 Å². The van der Waals surface area contributed by atoms with Crippen molar-refractivity contribution in [3.05, 3.63) is 34.9 Å². The Labute approximate surface area is 130 Å². The smallest absolute Gasteiger partial charge is 0.225 e. The summed E-state index contributed by atoms with van der Waals surface area (Å²) in [5.41, 5.74) is 1.13. The Morgan fingerprint density at radius 2 is 2.05 bits per heavy atom. The SMILES string of the molecule is CC(C)N1C[C@@H](C(=O)NCCc2ccc(Cl)cc2)CC1=O. The number of amides is 2. The lowest BCUT2D eigenvalue weighted by atomic mass is 10.1. The predicted molar refractivity (Wildman–Crippen MR) is 83.1 cm³/mol. The molecule has 5 heteroatoms. The lowest BCUT2D eigenvalue weighted by Gasteiger charge is -2.20. The van der Waals surface area contributed by atoms with E-state index in [0.717, 1.165) is 12.0 Å². The van der Waals surface area contributed by atoms with Crippen molar-refractivity contribution in [3.8, 4) is 0 Å². The molecule has 0 aliphatic carbocycles. The number of benzene rings is 1. The second-order valence-corrected chi connectivity index (χ2v) is 6.14. The van der Waals surface area contributed by atoms with Crippen molar-refractivity contribution < 1.29 is 9.59 Å². The van der Waals surface area contributed by atoms with Crippen molar-refractivity contribution >= 4 is 23.4 Å². The highest BCUT2D eigenvalue weighted by Crippen LogP contribution is 2.20. The van der Waals surface area contributed by atoms with E-state index in [2.05, 4.69) is 5.32 Å². The van der Waals surface area contributed by atoms with Crippen LogP contribution in [0.1, 0.15) is 25.8 Å². The molecule has 1 aliphatic rings. The lowest BCUT2D eigenvalue weighted by Crippen LogP contribution is -2.36. The maximum absolute atomic E-state index is 12.1. The molecule has 2 amide bonds. The van der Waals surface area contributed by atoms with Crippen molar-refractivity contribution in [2.75, 3.05) is 13.1 Å². The third-order valence-corrected chi connectivity index (χ3v) is 4.03. The first-order chi connectivity index (χ1) is 9.97.